The van der Waals surface area contributed by atoms with Crippen LogP contribution in [0.3, 0.4) is 0 Å². The Labute approximate surface area is 206 Å². The van der Waals surface area contributed by atoms with Crippen molar-refractivity contribution in [1.82, 2.24) is 0 Å². The average molecular weight is 513 g/mol. The molecule has 0 aliphatic heterocycles. The van der Waals surface area contributed by atoms with Gasteiger partial charge in [-0.05, 0) is 42.9 Å². The van der Waals surface area contributed by atoms with E-state index in [1.807, 2.05) is 0 Å². The Kier molecular flexibility index (Phi) is 9.03. The molecule has 2 fully saturated rings. The summed E-state index contributed by atoms with van der Waals surface area (Å²) in [5.41, 5.74) is 0.0955. The molecule has 0 heterocycles. The summed E-state index contributed by atoms with van der Waals surface area (Å²) in [6.07, 6.45) is -10.4. The van der Waals surface area contributed by atoms with E-state index >= 15 is 0 Å². The van der Waals surface area contributed by atoms with Gasteiger partial charge in [0.1, 0.15) is 29.8 Å². The van der Waals surface area contributed by atoms with Crippen LogP contribution in [0.5, 0.6) is 5.75 Å². The molecule has 1 aromatic carbocycles. The first-order valence-corrected chi connectivity index (χ1v) is 11.8. The van der Waals surface area contributed by atoms with E-state index in [-0.39, 0.29) is 37.0 Å². The van der Waals surface area contributed by atoms with Gasteiger partial charge in [-0.15, -0.1) is 0 Å². The van der Waals surface area contributed by atoms with E-state index in [1.165, 1.54) is 24.3 Å². The number of carboxylic acid groups (broad SMARTS) is 1. The second-order valence-electron chi connectivity index (χ2n) is 9.54. The zero-order chi connectivity index (χ0) is 26.7. The first kappa shape index (κ1) is 28.0. The molecule has 2 aliphatic carbocycles. The fourth-order valence-corrected chi connectivity index (χ4v) is 5.09. The highest BCUT2D eigenvalue weighted by Gasteiger charge is 2.52. The lowest BCUT2D eigenvalue weighted by atomic mass is 9.78. The Morgan fingerprint density at radius 3 is 2.17 bits per heavy atom. The maximum Gasteiger partial charge on any atom is 0.338 e. The molecule has 2 saturated carbocycles. The molecule has 10 atom stereocenters. The second-order valence-corrected chi connectivity index (χ2v) is 9.54. The molecule has 8 N–H and O–H groups in total. The number of carbonyl (C=O) groups is 3. The number of ketones is 1. The largest absolute Gasteiger partial charge is 0.508 e. The summed E-state index contributed by atoms with van der Waals surface area (Å²) in [7, 11) is 0. The van der Waals surface area contributed by atoms with Crippen molar-refractivity contribution in [2.24, 2.45) is 17.8 Å². The normalized spacial score (nSPS) is 34.1. The Morgan fingerprint density at radius 2 is 1.56 bits per heavy atom. The number of ether oxygens (including phenoxy) is 1. The van der Waals surface area contributed by atoms with E-state index in [0.29, 0.717) is 6.42 Å². The van der Waals surface area contributed by atoms with Crippen molar-refractivity contribution in [1.29, 1.82) is 0 Å². The van der Waals surface area contributed by atoms with Crippen LogP contribution in [-0.4, -0.2) is 95.2 Å². The Hall–Kier alpha value is -2.61. The number of esters is 1. The number of aliphatic hydroxyl groups is 6. The van der Waals surface area contributed by atoms with Gasteiger partial charge in [0.15, 0.2) is 6.10 Å². The highest BCUT2D eigenvalue weighted by molar-refractivity contribution is 5.88. The van der Waals surface area contributed by atoms with Crippen LogP contribution in [0.4, 0.5) is 0 Å². The number of phenols is 1. The molecule has 12 heteroatoms. The number of aromatic hydroxyl groups is 1. The number of rotatable bonds is 9. The van der Waals surface area contributed by atoms with Gasteiger partial charge in [-0.1, -0.05) is 12.1 Å². The van der Waals surface area contributed by atoms with Gasteiger partial charge in [0, 0.05) is 12.8 Å². The number of carbonyl (C=O) groups excluding carboxylic acids is 2. The van der Waals surface area contributed by atoms with Crippen LogP contribution in [0.25, 0.3) is 0 Å². The van der Waals surface area contributed by atoms with Gasteiger partial charge in [0.25, 0.3) is 0 Å². The number of hydrogen-bond acceptors (Lipinski definition) is 11. The van der Waals surface area contributed by atoms with Gasteiger partial charge in [-0.2, -0.15) is 0 Å². The molecule has 3 rings (SSSR count). The van der Waals surface area contributed by atoms with Gasteiger partial charge >= 0.3 is 11.9 Å². The summed E-state index contributed by atoms with van der Waals surface area (Å²) >= 11 is 0. The second kappa shape index (κ2) is 11.6. The minimum absolute atomic E-state index is 0.0750. The first-order valence-electron chi connectivity index (χ1n) is 11.8. The number of phenolic OH excluding ortho intramolecular Hbond substituents is 1. The summed E-state index contributed by atoms with van der Waals surface area (Å²) in [6.45, 7) is 0. The Bertz CT molecular complexity index is 934. The molecule has 0 amide bonds. The summed E-state index contributed by atoms with van der Waals surface area (Å²) in [6, 6.07) is 5.02. The molecule has 12 nitrogen and oxygen atoms in total. The van der Waals surface area contributed by atoms with Crippen molar-refractivity contribution in [2.75, 3.05) is 0 Å². The predicted molar refractivity (Wildman–Crippen MR) is 119 cm³/mol. The van der Waals surface area contributed by atoms with Crippen LogP contribution >= 0.6 is 0 Å². The first-order chi connectivity index (χ1) is 16.9. The lowest BCUT2D eigenvalue weighted by Crippen LogP contribution is -2.46. The van der Waals surface area contributed by atoms with Crippen molar-refractivity contribution in [3.63, 3.8) is 0 Å². The minimum Gasteiger partial charge on any atom is -0.508 e. The number of benzene rings is 1. The van der Waals surface area contributed by atoms with Crippen LogP contribution in [0.1, 0.15) is 43.8 Å². The molecular weight excluding hydrogens is 480 g/mol. The average Bonchev–Trinajstić information content (AvgIpc) is 3.17. The van der Waals surface area contributed by atoms with Gasteiger partial charge < -0.3 is 45.6 Å². The van der Waals surface area contributed by atoms with Crippen molar-refractivity contribution in [2.45, 2.75) is 74.8 Å². The maximum absolute atomic E-state index is 13.1. The molecule has 4 unspecified atom stereocenters. The number of hydrogen-bond donors (Lipinski definition) is 8. The molecule has 0 radical (unpaired) electrons. The van der Waals surface area contributed by atoms with Crippen LogP contribution in [0.15, 0.2) is 24.3 Å². The monoisotopic (exact) mass is 512 g/mol. The van der Waals surface area contributed by atoms with E-state index in [1.54, 1.807) is 0 Å². The van der Waals surface area contributed by atoms with Crippen LogP contribution in [-0.2, 0) is 19.1 Å². The van der Waals surface area contributed by atoms with Gasteiger partial charge in [-0.25, -0.2) is 4.79 Å². The third-order valence-corrected chi connectivity index (χ3v) is 7.20. The van der Waals surface area contributed by atoms with Gasteiger partial charge in [0.2, 0.25) is 0 Å². The van der Waals surface area contributed by atoms with E-state index in [2.05, 4.69) is 0 Å². The number of aliphatic hydroxyl groups excluding tert-OH is 6. The van der Waals surface area contributed by atoms with Crippen molar-refractivity contribution >= 4 is 17.7 Å². The topological polar surface area (TPSA) is 222 Å². The summed E-state index contributed by atoms with van der Waals surface area (Å²) in [5, 5.41) is 79.4. The Balaban J connectivity index is 1.69. The van der Waals surface area contributed by atoms with Crippen LogP contribution in [0, 0.1) is 17.8 Å². The standard InChI is InChI=1S/C24H32O12/c25-12-5-1-10(2-6-12)20(30)22(32)24(35)36-16-9-15(28)18(23(33)34)17(16)13(26)7-3-11-4-8-14(27)21(31)19(11)29/h1-2,5-6,11,14-22,25,27-32H,3-4,7-9H2,(H,33,34)/t11?,14-,15?,16?,17+,18?,19+,20-,21+,22-/m1/s1. The predicted octanol–water partition coefficient (Wildman–Crippen LogP) is -1.38. The van der Waals surface area contributed by atoms with E-state index < -0.39 is 78.2 Å². The molecular formula is C24H32O12. The molecule has 200 valence electrons. The fourth-order valence-electron chi connectivity index (χ4n) is 5.09. The highest BCUT2D eigenvalue weighted by atomic mass is 16.6. The molecule has 2 aliphatic rings. The fraction of sp³-hybridized carbons (Fsp3) is 0.625. The van der Waals surface area contributed by atoms with Crippen molar-refractivity contribution in [3.8, 4) is 5.75 Å². The molecule has 0 saturated heterocycles. The molecule has 0 bridgehead atoms. The van der Waals surface area contributed by atoms with E-state index in [4.69, 9.17) is 4.74 Å². The van der Waals surface area contributed by atoms with Crippen molar-refractivity contribution in [3.05, 3.63) is 29.8 Å². The molecule has 0 aromatic heterocycles. The zero-order valence-corrected chi connectivity index (χ0v) is 19.3. The van der Waals surface area contributed by atoms with Crippen molar-refractivity contribution < 1.29 is 60.0 Å². The smallest absolute Gasteiger partial charge is 0.338 e. The van der Waals surface area contributed by atoms with Gasteiger partial charge in [-0.3, -0.25) is 9.59 Å². The summed E-state index contributed by atoms with van der Waals surface area (Å²) in [5.74, 6) is -7.07. The molecule has 0 spiro atoms. The SMILES string of the molecule is O=C(O)C1C(O)CC(OC(=O)[C@H](O)[C@H](O)c2ccc(O)cc2)[C@@H]1C(=O)CCC1CC[C@@H](O)[C@H](O)[C@H]1O. The Morgan fingerprint density at radius 1 is 0.917 bits per heavy atom. The van der Waals surface area contributed by atoms with Crippen LogP contribution in [0.2, 0.25) is 0 Å². The molecule has 36 heavy (non-hydrogen) atoms. The number of aliphatic carboxylic acids is 1. The van der Waals surface area contributed by atoms with Gasteiger partial charge in [0.05, 0.1) is 30.1 Å². The third kappa shape index (κ3) is 6.02. The summed E-state index contributed by atoms with van der Waals surface area (Å²) in [4.78, 5) is 37.4. The quantitative estimate of drug-likeness (QED) is 0.179. The number of carboxylic acids is 1. The third-order valence-electron chi connectivity index (χ3n) is 7.20. The lowest BCUT2D eigenvalue weighted by Gasteiger charge is -2.35. The lowest BCUT2D eigenvalue weighted by molar-refractivity contribution is -0.169. The number of Topliss-reactive ketones (excluding diaryl/α,β-unsaturated/α-hetero) is 1. The van der Waals surface area contributed by atoms with Crippen LogP contribution < -0.4 is 0 Å². The highest BCUT2D eigenvalue weighted by Crippen LogP contribution is 2.38. The van der Waals surface area contributed by atoms with E-state index in [9.17, 15) is 55.2 Å². The molecule has 1 aromatic rings. The maximum atomic E-state index is 13.1. The summed E-state index contributed by atoms with van der Waals surface area (Å²) < 4.78 is 5.20. The van der Waals surface area contributed by atoms with E-state index in [0.717, 1.165) is 0 Å². The zero-order valence-electron chi connectivity index (χ0n) is 19.3. The minimum atomic E-state index is -2.09.